The number of benzene rings is 1. The second-order valence-electron chi connectivity index (χ2n) is 5.99. The summed E-state index contributed by atoms with van der Waals surface area (Å²) in [4.78, 5) is 12.8. The van der Waals surface area contributed by atoms with Gasteiger partial charge in [-0.2, -0.15) is 10.5 Å². The molecular weight excluding hydrogens is 362 g/mol. The summed E-state index contributed by atoms with van der Waals surface area (Å²) in [5.41, 5.74) is 0.614. The molecule has 27 heavy (non-hydrogen) atoms. The molecule has 0 aliphatic heterocycles. The van der Waals surface area contributed by atoms with Crippen molar-refractivity contribution in [3.63, 3.8) is 0 Å². The zero-order valence-electron chi connectivity index (χ0n) is 15.2. The third-order valence-corrected chi connectivity index (χ3v) is 5.18. The summed E-state index contributed by atoms with van der Waals surface area (Å²) in [6, 6.07) is 9.38. The smallest absolute Gasteiger partial charge is 0.269 e. The van der Waals surface area contributed by atoms with Crippen LogP contribution in [0.4, 0.5) is 0 Å². The third kappa shape index (κ3) is 3.89. The van der Waals surface area contributed by atoms with Gasteiger partial charge in [0, 0.05) is 6.04 Å². The molecule has 0 unspecified atom stereocenters. The van der Waals surface area contributed by atoms with Gasteiger partial charge >= 0.3 is 0 Å². The molecular formula is C20H19N3O3S. The van der Waals surface area contributed by atoms with Gasteiger partial charge in [0.05, 0.1) is 17.7 Å². The largest absolute Gasteiger partial charge is 0.490 e. The molecule has 3 rings (SSSR count). The molecule has 1 heterocycles. The number of ether oxygens (including phenoxy) is 2. The monoisotopic (exact) mass is 381 g/mol. The zero-order valence-corrected chi connectivity index (χ0v) is 16.0. The molecule has 6 nitrogen and oxygen atoms in total. The Balaban J connectivity index is 2.17. The average molecular weight is 381 g/mol. The van der Waals surface area contributed by atoms with Crippen molar-refractivity contribution in [1.82, 2.24) is 4.57 Å². The van der Waals surface area contributed by atoms with Crippen LogP contribution in [-0.4, -0.2) is 17.8 Å². The van der Waals surface area contributed by atoms with Gasteiger partial charge in [-0.3, -0.25) is 9.36 Å². The first-order valence-electron chi connectivity index (χ1n) is 8.80. The van der Waals surface area contributed by atoms with Gasteiger partial charge in [0.2, 0.25) is 0 Å². The van der Waals surface area contributed by atoms with E-state index in [9.17, 15) is 15.3 Å². The number of nitrogens with zero attached hydrogens (tertiary/aromatic N) is 3. The highest BCUT2D eigenvalue weighted by Gasteiger charge is 2.27. The SMILES string of the molecule is CCOc1ccc(/C=c2/sc(=C(C#N)C#N)n(C3CC3)c2=O)cc1OCC. The van der Waals surface area contributed by atoms with E-state index >= 15 is 0 Å². The van der Waals surface area contributed by atoms with Gasteiger partial charge in [-0.15, -0.1) is 11.3 Å². The highest BCUT2D eigenvalue weighted by Crippen LogP contribution is 2.32. The van der Waals surface area contributed by atoms with Crippen LogP contribution in [-0.2, 0) is 0 Å². The fourth-order valence-electron chi connectivity index (χ4n) is 2.76. The normalized spacial score (nSPS) is 13.7. The molecule has 0 atom stereocenters. The lowest BCUT2D eigenvalue weighted by molar-refractivity contribution is 0.287. The van der Waals surface area contributed by atoms with Crippen LogP contribution in [0.15, 0.2) is 23.0 Å². The number of hydrogen-bond acceptors (Lipinski definition) is 6. The summed E-state index contributed by atoms with van der Waals surface area (Å²) in [5.74, 6) is 1.28. The van der Waals surface area contributed by atoms with Crippen molar-refractivity contribution < 1.29 is 9.47 Å². The average Bonchev–Trinajstić information content (AvgIpc) is 3.44. The van der Waals surface area contributed by atoms with Gasteiger partial charge in [0.25, 0.3) is 5.56 Å². The van der Waals surface area contributed by atoms with Crippen molar-refractivity contribution in [3.8, 4) is 23.6 Å². The molecule has 0 spiro atoms. The molecule has 1 saturated carbocycles. The minimum atomic E-state index is -0.160. The summed E-state index contributed by atoms with van der Waals surface area (Å²) < 4.78 is 13.7. The molecule has 0 radical (unpaired) electrons. The van der Waals surface area contributed by atoms with E-state index in [-0.39, 0.29) is 17.2 Å². The Hall–Kier alpha value is -3.03. The summed E-state index contributed by atoms with van der Waals surface area (Å²) in [5, 5.41) is 18.4. The van der Waals surface area contributed by atoms with Crippen LogP contribution in [0.1, 0.15) is 38.3 Å². The fraction of sp³-hybridized carbons (Fsp3) is 0.350. The Bertz CT molecular complexity index is 1100. The molecule has 138 valence electrons. The topological polar surface area (TPSA) is 88.0 Å². The van der Waals surface area contributed by atoms with Crippen LogP contribution in [0.3, 0.4) is 0 Å². The maximum Gasteiger partial charge on any atom is 0.269 e. The minimum absolute atomic E-state index is 0.0228. The number of rotatable bonds is 6. The number of aromatic nitrogens is 1. The second-order valence-corrected chi connectivity index (χ2v) is 7.02. The standard InChI is InChI=1S/C20H19N3O3S/c1-3-25-16-8-5-13(9-17(16)26-4-2)10-18-19(24)23(15-6-7-15)20(27-18)14(11-21)12-22/h5,8-10,15H,3-4,6-7H2,1-2H3/b18-10+. The van der Waals surface area contributed by atoms with Crippen LogP contribution in [0.5, 0.6) is 11.5 Å². The van der Waals surface area contributed by atoms with Crippen LogP contribution < -0.4 is 24.2 Å². The van der Waals surface area contributed by atoms with Gasteiger partial charge in [-0.25, -0.2) is 0 Å². The maximum absolute atomic E-state index is 12.8. The van der Waals surface area contributed by atoms with Gasteiger partial charge < -0.3 is 9.47 Å². The molecule has 0 bridgehead atoms. The first kappa shape index (κ1) is 18.8. The molecule has 1 fully saturated rings. The highest BCUT2D eigenvalue weighted by atomic mass is 32.1. The van der Waals surface area contributed by atoms with Crippen molar-refractivity contribution in [3.05, 3.63) is 43.3 Å². The van der Waals surface area contributed by atoms with Crippen LogP contribution in [0, 0.1) is 22.7 Å². The molecule has 0 N–H and O–H groups in total. The lowest BCUT2D eigenvalue weighted by Crippen LogP contribution is -2.31. The molecule has 0 amide bonds. The second kappa shape index (κ2) is 8.11. The maximum atomic E-state index is 12.8. The van der Waals surface area contributed by atoms with E-state index in [2.05, 4.69) is 0 Å². The van der Waals surface area contributed by atoms with Crippen molar-refractivity contribution in [2.45, 2.75) is 32.7 Å². The summed E-state index contributed by atoms with van der Waals surface area (Å²) in [6.07, 6.45) is 3.55. The molecule has 1 aliphatic carbocycles. The Morgan fingerprint density at radius 3 is 2.48 bits per heavy atom. The van der Waals surface area contributed by atoms with E-state index in [4.69, 9.17) is 9.47 Å². The molecule has 2 aromatic rings. The number of thiazole rings is 1. The van der Waals surface area contributed by atoms with Crippen LogP contribution in [0.25, 0.3) is 11.6 Å². The zero-order chi connectivity index (χ0) is 19.4. The summed E-state index contributed by atoms with van der Waals surface area (Å²) >= 11 is 1.18. The first-order chi connectivity index (χ1) is 13.1. The lowest BCUT2D eigenvalue weighted by atomic mass is 10.2. The lowest BCUT2D eigenvalue weighted by Gasteiger charge is -2.11. The number of nitriles is 2. The van der Waals surface area contributed by atoms with Gasteiger partial charge in [0.1, 0.15) is 16.8 Å². The van der Waals surface area contributed by atoms with Gasteiger partial charge in [-0.1, -0.05) is 6.07 Å². The van der Waals surface area contributed by atoms with Crippen LogP contribution in [0.2, 0.25) is 0 Å². The number of hydrogen-bond donors (Lipinski definition) is 0. The van der Waals surface area contributed by atoms with Crippen molar-refractivity contribution in [2.75, 3.05) is 13.2 Å². The predicted octanol–water partition coefficient (Wildman–Crippen LogP) is 2.07. The first-order valence-corrected chi connectivity index (χ1v) is 9.61. The van der Waals surface area contributed by atoms with E-state index in [0.717, 1.165) is 18.4 Å². The Morgan fingerprint density at radius 2 is 1.89 bits per heavy atom. The molecule has 1 aromatic heterocycles. The van der Waals surface area contributed by atoms with E-state index in [1.807, 2.05) is 44.2 Å². The predicted molar refractivity (Wildman–Crippen MR) is 103 cm³/mol. The van der Waals surface area contributed by atoms with E-state index in [1.165, 1.54) is 11.3 Å². The van der Waals surface area contributed by atoms with E-state index in [0.29, 0.717) is 33.9 Å². The van der Waals surface area contributed by atoms with E-state index < -0.39 is 0 Å². The summed E-state index contributed by atoms with van der Waals surface area (Å²) in [7, 11) is 0. The molecule has 1 aromatic carbocycles. The Labute approximate surface area is 160 Å². The minimum Gasteiger partial charge on any atom is -0.490 e. The van der Waals surface area contributed by atoms with Crippen molar-refractivity contribution >= 4 is 23.0 Å². The van der Waals surface area contributed by atoms with Crippen molar-refractivity contribution in [1.29, 1.82) is 10.5 Å². The molecule has 0 saturated heterocycles. The molecule has 1 aliphatic rings. The Morgan fingerprint density at radius 1 is 1.22 bits per heavy atom. The highest BCUT2D eigenvalue weighted by molar-refractivity contribution is 7.07. The van der Waals surface area contributed by atoms with Crippen molar-refractivity contribution in [2.24, 2.45) is 0 Å². The quantitative estimate of drug-likeness (QED) is 0.764. The van der Waals surface area contributed by atoms with E-state index in [1.54, 1.807) is 10.6 Å². The van der Waals surface area contributed by atoms with Crippen LogP contribution >= 0.6 is 11.3 Å². The third-order valence-electron chi connectivity index (χ3n) is 4.07. The Kier molecular flexibility index (Phi) is 5.63. The fourth-order valence-corrected chi connectivity index (χ4v) is 3.88. The van der Waals surface area contributed by atoms with Gasteiger partial charge in [0.15, 0.2) is 17.1 Å². The molecule has 7 heteroatoms. The summed E-state index contributed by atoms with van der Waals surface area (Å²) in [6.45, 7) is 4.84. The van der Waals surface area contributed by atoms with Gasteiger partial charge in [-0.05, 0) is 50.5 Å².